The van der Waals surface area contributed by atoms with E-state index in [2.05, 4.69) is 52.8 Å². The van der Waals surface area contributed by atoms with Crippen molar-refractivity contribution in [2.24, 2.45) is 5.90 Å². The van der Waals surface area contributed by atoms with E-state index in [1.807, 2.05) is 0 Å². The number of benzene rings is 1. The molecule has 3 heteroatoms. The predicted octanol–water partition coefficient (Wildman–Crippen LogP) is 3.79. The number of hydrogen-bond donors (Lipinski definition) is 1. The molecule has 0 unspecified atom stereocenters. The Balaban J connectivity index is 2.82. The van der Waals surface area contributed by atoms with Crippen molar-refractivity contribution in [1.29, 1.82) is 0 Å². The zero-order valence-corrected chi connectivity index (χ0v) is 11.6. The molecule has 0 atom stereocenters. The summed E-state index contributed by atoms with van der Waals surface area (Å²) in [7, 11) is 0. The lowest BCUT2D eigenvalue weighted by Crippen LogP contribution is -2.04. The minimum atomic E-state index is 0.566. The summed E-state index contributed by atoms with van der Waals surface area (Å²) in [5.74, 6) is 5.67. The van der Waals surface area contributed by atoms with Gasteiger partial charge in [0, 0.05) is 4.47 Å². The van der Waals surface area contributed by atoms with Crippen molar-refractivity contribution in [2.75, 3.05) is 6.61 Å². The number of halogens is 1. The zero-order valence-electron chi connectivity index (χ0n) is 10.0. The summed E-state index contributed by atoms with van der Waals surface area (Å²) in [5, 5.41) is 0. The Morgan fingerprint density at radius 2 is 2.00 bits per heavy atom. The zero-order chi connectivity index (χ0) is 12.0. The Bertz CT molecular complexity index is 324. The van der Waals surface area contributed by atoms with Crippen molar-refractivity contribution in [3.8, 4) is 0 Å². The highest BCUT2D eigenvalue weighted by Crippen LogP contribution is 2.30. The monoisotopic (exact) mass is 285 g/mol. The van der Waals surface area contributed by atoms with Gasteiger partial charge >= 0.3 is 0 Å². The third-order valence-corrected chi connectivity index (χ3v) is 3.69. The van der Waals surface area contributed by atoms with E-state index in [1.54, 1.807) is 0 Å². The summed E-state index contributed by atoms with van der Waals surface area (Å²) < 4.78 is 1.20. The Hall–Kier alpha value is -0.380. The summed E-state index contributed by atoms with van der Waals surface area (Å²) in [4.78, 5) is 4.59. The molecule has 0 spiro atoms. The van der Waals surface area contributed by atoms with Gasteiger partial charge in [0.2, 0.25) is 0 Å². The molecule has 1 aromatic rings. The molecule has 0 aliphatic heterocycles. The van der Waals surface area contributed by atoms with Crippen molar-refractivity contribution in [3.05, 3.63) is 33.8 Å². The fourth-order valence-corrected chi connectivity index (χ4v) is 2.71. The number of hydrogen-bond acceptors (Lipinski definition) is 2. The fraction of sp³-hybridized carbons (Fsp3) is 0.538. The van der Waals surface area contributed by atoms with Crippen LogP contribution in [0.3, 0.4) is 0 Å². The van der Waals surface area contributed by atoms with Gasteiger partial charge in [-0.1, -0.05) is 41.9 Å². The molecule has 0 radical (unpaired) electrons. The van der Waals surface area contributed by atoms with Crippen LogP contribution in [0.2, 0.25) is 0 Å². The molecule has 0 aliphatic carbocycles. The van der Waals surface area contributed by atoms with Crippen LogP contribution in [-0.4, -0.2) is 6.61 Å². The molecular formula is C13H20BrNO. The molecule has 2 nitrogen and oxygen atoms in total. The molecule has 1 aromatic carbocycles. The van der Waals surface area contributed by atoms with E-state index >= 15 is 0 Å². The lowest BCUT2D eigenvalue weighted by Gasteiger charge is -2.15. The van der Waals surface area contributed by atoms with Crippen LogP contribution < -0.4 is 5.90 Å². The van der Waals surface area contributed by atoms with Gasteiger partial charge < -0.3 is 4.84 Å². The molecule has 0 saturated heterocycles. The van der Waals surface area contributed by atoms with Crippen LogP contribution in [0, 0.1) is 0 Å². The van der Waals surface area contributed by atoms with Gasteiger partial charge in [-0.15, -0.1) is 0 Å². The second kappa shape index (κ2) is 7.05. The first-order valence-electron chi connectivity index (χ1n) is 5.82. The second-order valence-electron chi connectivity index (χ2n) is 3.99. The average molecular weight is 286 g/mol. The lowest BCUT2D eigenvalue weighted by molar-refractivity contribution is 0.141. The highest BCUT2D eigenvalue weighted by Gasteiger charge is 2.10. The Labute approximate surface area is 106 Å². The van der Waals surface area contributed by atoms with Crippen LogP contribution in [-0.2, 0) is 11.3 Å². The van der Waals surface area contributed by atoms with Crippen molar-refractivity contribution in [3.63, 3.8) is 0 Å². The van der Waals surface area contributed by atoms with E-state index < -0.39 is 0 Å². The van der Waals surface area contributed by atoms with Crippen LogP contribution in [0.5, 0.6) is 0 Å². The molecular weight excluding hydrogens is 266 g/mol. The first kappa shape index (κ1) is 13.7. The van der Waals surface area contributed by atoms with E-state index in [9.17, 15) is 0 Å². The van der Waals surface area contributed by atoms with Crippen LogP contribution >= 0.6 is 15.9 Å². The lowest BCUT2D eigenvalue weighted by atomic mass is 9.93. The Morgan fingerprint density at radius 3 is 2.50 bits per heavy atom. The van der Waals surface area contributed by atoms with Crippen LogP contribution in [0.15, 0.2) is 22.7 Å². The van der Waals surface area contributed by atoms with Gasteiger partial charge in [-0.2, -0.15) is 0 Å². The first-order chi connectivity index (χ1) is 7.72. The predicted molar refractivity (Wildman–Crippen MR) is 71.3 cm³/mol. The summed E-state index contributed by atoms with van der Waals surface area (Å²) in [6.45, 7) is 5.03. The van der Waals surface area contributed by atoms with Crippen molar-refractivity contribution >= 4 is 15.9 Å². The van der Waals surface area contributed by atoms with Crippen molar-refractivity contribution in [1.82, 2.24) is 0 Å². The summed E-state index contributed by atoms with van der Waals surface area (Å²) in [6.07, 6.45) is 3.22. The topological polar surface area (TPSA) is 35.2 Å². The molecule has 0 bridgehead atoms. The van der Waals surface area contributed by atoms with Gasteiger partial charge in [0.25, 0.3) is 0 Å². The number of nitrogens with two attached hydrogens (primary N) is 1. The minimum absolute atomic E-state index is 0.566. The summed E-state index contributed by atoms with van der Waals surface area (Å²) in [6, 6.07) is 6.55. The Morgan fingerprint density at radius 1 is 1.31 bits per heavy atom. The van der Waals surface area contributed by atoms with Crippen LogP contribution in [0.4, 0.5) is 0 Å². The molecule has 0 saturated carbocycles. The maximum absolute atomic E-state index is 5.02. The highest BCUT2D eigenvalue weighted by molar-refractivity contribution is 9.10. The smallest absolute Gasteiger partial charge is 0.0719 e. The van der Waals surface area contributed by atoms with Crippen LogP contribution in [0.1, 0.15) is 43.7 Å². The molecule has 16 heavy (non-hydrogen) atoms. The maximum Gasteiger partial charge on any atom is 0.0719 e. The minimum Gasteiger partial charge on any atom is -0.304 e. The van der Waals surface area contributed by atoms with E-state index in [0.29, 0.717) is 12.5 Å². The molecule has 1 rings (SSSR count). The maximum atomic E-state index is 5.02. The van der Waals surface area contributed by atoms with Crippen molar-refractivity contribution in [2.45, 2.75) is 39.0 Å². The Kier molecular flexibility index (Phi) is 6.03. The number of rotatable bonds is 6. The molecule has 0 aromatic heterocycles. The average Bonchev–Trinajstić information content (AvgIpc) is 2.30. The van der Waals surface area contributed by atoms with E-state index in [-0.39, 0.29) is 0 Å². The third-order valence-electron chi connectivity index (χ3n) is 3.00. The standard InChI is InChI=1S/C13H20BrNO/c1-3-11(4-2)12-6-5-10(7-8-16-15)9-13(12)14/h5-6,9,11H,3-4,7-8,15H2,1-2H3. The first-order valence-corrected chi connectivity index (χ1v) is 6.62. The van der Waals surface area contributed by atoms with Crippen LogP contribution in [0.25, 0.3) is 0 Å². The summed E-state index contributed by atoms with van der Waals surface area (Å²) >= 11 is 3.65. The SMILES string of the molecule is CCC(CC)c1ccc(CCON)cc1Br. The molecule has 0 fully saturated rings. The molecule has 0 heterocycles. The second-order valence-corrected chi connectivity index (χ2v) is 4.84. The largest absolute Gasteiger partial charge is 0.304 e. The van der Waals surface area contributed by atoms with Gasteiger partial charge in [0.15, 0.2) is 0 Å². The van der Waals surface area contributed by atoms with Gasteiger partial charge in [-0.05, 0) is 42.4 Å². The highest BCUT2D eigenvalue weighted by atomic mass is 79.9. The fourth-order valence-electron chi connectivity index (χ4n) is 1.96. The van der Waals surface area contributed by atoms with E-state index in [0.717, 1.165) is 6.42 Å². The van der Waals surface area contributed by atoms with Gasteiger partial charge in [0.05, 0.1) is 6.61 Å². The van der Waals surface area contributed by atoms with Crippen molar-refractivity contribution < 1.29 is 4.84 Å². The molecule has 0 aliphatic rings. The van der Waals surface area contributed by atoms with Gasteiger partial charge in [-0.3, -0.25) is 0 Å². The molecule has 0 amide bonds. The van der Waals surface area contributed by atoms with E-state index in [4.69, 9.17) is 5.90 Å². The normalized spacial score (nSPS) is 11.1. The van der Waals surface area contributed by atoms with Gasteiger partial charge in [-0.25, -0.2) is 5.90 Å². The quantitative estimate of drug-likeness (QED) is 0.808. The van der Waals surface area contributed by atoms with E-state index in [1.165, 1.54) is 28.4 Å². The molecule has 2 N–H and O–H groups in total. The molecule has 90 valence electrons. The van der Waals surface area contributed by atoms with Gasteiger partial charge in [0.1, 0.15) is 0 Å². The third kappa shape index (κ3) is 3.58. The summed E-state index contributed by atoms with van der Waals surface area (Å²) in [5.41, 5.74) is 2.66.